The number of unbranched alkanes of at least 4 members (excludes halogenated alkanes) is 23. The van der Waals surface area contributed by atoms with Gasteiger partial charge in [0, 0.05) is 37.4 Å². The van der Waals surface area contributed by atoms with E-state index in [0.29, 0.717) is 13.1 Å². The molecule has 2 aliphatic rings. The molecule has 6 nitrogen and oxygen atoms in total. The van der Waals surface area contributed by atoms with Gasteiger partial charge in [-0.2, -0.15) is 0 Å². The van der Waals surface area contributed by atoms with Gasteiger partial charge in [-0.05, 0) is 24.7 Å². The van der Waals surface area contributed by atoms with Crippen LogP contribution in [0.4, 0.5) is 0 Å². The van der Waals surface area contributed by atoms with E-state index in [0.717, 1.165) is 37.5 Å². The molecule has 51 heavy (non-hydrogen) atoms. The van der Waals surface area contributed by atoms with Gasteiger partial charge in [-0.3, -0.25) is 29.0 Å². The number of amides is 4. The van der Waals surface area contributed by atoms with E-state index < -0.39 is 0 Å². The third-order valence-electron chi connectivity index (χ3n) is 11.5. The first-order chi connectivity index (χ1) is 25.0. The summed E-state index contributed by atoms with van der Waals surface area (Å²) >= 11 is 0. The number of hydrogen-bond donors (Lipinski definition) is 0. The summed E-state index contributed by atoms with van der Waals surface area (Å²) in [5.41, 5.74) is 0. The second-order valence-corrected chi connectivity index (χ2v) is 15.8. The number of nitrogens with zero attached hydrogens (tertiary/aromatic N) is 2. The van der Waals surface area contributed by atoms with Crippen molar-refractivity contribution in [2.24, 2.45) is 11.8 Å². The molecule has 292 valence electrons. The summed E-state index contributed by atoms with van der Waals surface area (Å²) in [5, 5.41) is 0. The first kappa shape index (κ1) is 44.9. The number of rotatable bonds is 36. The third-order valence-corrected chi connectivity index (χ3v) is 11.5. The predicted molar refractivity (Wildman–Crippen MR) is 213 cm³/mol. The summed E-state index contributed by atoms with van der Waals surface area (Å²) in [6, 6.07) is 0. The molecular weight excluding hydrogens is 633 g/mol. The maximum atomic E-state index is 11.8. The molecule has 0 aromatic heterocycles. The van der Waals surface area contributed by atoms with Crippen molar-refractivity contribution in [1.82, 2.24) is 9.80 Å². The Morgan fingerprint density at radius 1 is 0.333 bits per heavy atom. The number of hydrogen-bond acceptors (Lipinski definition) is 4. The maximum Gasteiger partial charge on any atom is 0.253 e. The van der Waals surface area contributed by atoms with Crippen LogP contribution in [0, 0.1) is 11.8 Å². The molecule has 2 unspecified atom stereocenters. The second kappa shape index (κ2) is 30.2. The Morgan fingerprint density at radius 3 is 0.804 bits per heavy atom. The average Bonchev–Trinajstić information content (AvgIpc) is 3.63. The Labute approximate surface area is 314 Å². The molecule has 0 aromatic carbocycles. The van der Waals surface area contributed by atoms with Gasteiger partial charge in [-0.25, -0.2) is 0 Å². The van der Waals surface area contributed by atoms with Crippen LogP contribution in [0.2, 0.25) is 0 Å². The highest BCUT2D eigenvalue weighted by Gasteiger charge is 2.23. The summed E-state index contributed by atoms with van der Waals surface area (Å²) < 4.78 is 0. The Bertz CT molecular complexity index is 968. The van der Waals surface area contributed by atoms with Crippen molar-refractivity contribution < 1.29 is 19.2 Å². The van der Waals surface area contributed by atoms with Crippen molar-refractivity contribution in [2.45, 2.75) is 213 Å². The highest BCUT2D eigenvalue weighted by molar-refractivity contribution is 6.13. The molecule has 0 spiro atoms. The zero-order valence-corrected chi connectivity index (χ0v) is 33.3. The van der Waals surface area contributed by atoms with Crippen LogP contribution in [-0.2, 0) is 19.2 Å². The van der Waals surface area contributed by atoms with Crippen molar-refractivity contribution in [1.29, 1.82) is 0 Å². The lowest BCUT2D eigenvalue weighted by molar-refractivity contribution is -0.138. The molecular formula is C45H78N2O4. The van der Waals surface area contributed by atoms with Gasteiger partial charge in [0.1, 0.15) is 0 Å². The van der Waals surface area contributed by atoms with Gasteiger partial charge in [-0.1, -0.05) is 200 Å². The zero-order chi connectivity index (χ0) is 36.8. The molecule has 0 saturated carbocycles. The van der Waals surface area contributed by atoms with Crippen LogP contribution in [0.25, 0.3) is 0 Å². The Kier molecular flexibility index (Phi) is 26.6. The summed E-state index contributed by atoms with van der Waals surface area (Å²) in [7, 11) is 0. The predicted octanol–water partition coefficient (Wildman–Crippen LogP) is 12.2. The molecule has 2 heterocycles. The van der Waals surface area contributed by atoms with Crippen LogP contribution < -0.4 is 0 Å². The standard InChI is InChI=1S/C45H78N2O4/c1-3-5-7-9-18-24-30-40(32-26-20-14-11-12-16-22-28-38-46-42(48)34-35-43(46)49)41(31-25-19-10-8-6-4-2)33-27-21-15-13-17-23-29-39-47-44(50)36-37-45(47)51/h34-37,40-41H,3-33,38-39H2,1-2H3. The van der Waals surface area contributed by atoms with Crippen LogP contribution in [0.3, 0.4) is 0 Å². The van der Waals surface area contributed by atoms with Gasteiger partial charge in [0.2, 0.25) is 0 Å². The van der Waals surface area contributed by atoms with Crippen molar-refractivity contribution >= 4 is 23.6 Å². The lowest BCUT2D eigenvalue weighted by Gasteiger charge is -2.28. The van der Waals surface area contributed by atoms with Gasteiger partial charge in [-0.15, -0.1) is 0 Å². The van der Waals surface area contributed by atoms with Gasteiger partial charge >= 0.3 is 0 Å². The summed E-state index contributed by atoms with van der Waals surface area (Å²) in [6.07, 6.45) is 46.2. The molecule has 0 N–H and O–H groups in total. The summed E-state index contributed by atoms with van der Waals surface area (Å²) in [4.78, 5) is 49.7. The fourth-order valence-corrected chi connectivity index (χ4v) is 8.21. The highest BCUT2D eigenvalue weighted by Crippen LogP contribution is 2.34. The zero-order valence-electron chi connectivity index (χ0n) is 33.3. The summed E-state index contributed by atoms with van der Waals surface area (Å²) in [5.74, 6) is 1.17. The fraction of sp³-hybridized carbons (Fsp3) is 0.822. The molecule has 2 atom stereocenters. The van der Waals surface area contributed by atoms with Crippen LogP contribution in [0.1, 0.15) is 213 Å². The number of carbonyl (C=O) groups excluding carboxylic acids is 4. The maximum absolute atomic E-state index is 11.8. The molecule has 0 aromatic rings. The lowest BCUT2D eigenvalue weighted by Crippen LogP contribution is -2.30. The molecule has 0 fully saturated rings. The van der Waals surface area contributed by atoms with E-state index >= 15 is 0 Å². The van der Waals surface area contributed by atoms with Crippen LogP contribution in [0.15, 0.2) is 24.3 Å². The highest BCUT2D eigenvalue weighted by atomic mass is 16.2. The molecule has 2 rings (SSSR count). The van der Waals surface area contributed by atoms with Crippen molar-refractivity contribution in [3.63, 3.8) is 0 Å². The topological polar surface area (TPSA) is 74.8 Å². The third kappa shape index (κ3) is 21.2. The van der Waals surface area contributed by atoms with E-state index in [1.807, 2.05) is 0 Å². The van der Waals surface area contributed by atoms with E-state index in [-0.39, 0.29) is 23.6 Å². The van der Waals surface area contributed by atoms with Gasteiger partial charge in [0.25, 0.3) is 23.6 Å². The normalized spacial score (nSPS) is 15.6. The summed E-state index contributed by atoms with van der Waals surface area (Å²) in [6.45, 7) is 5.75. The first-order valence-corrected chi connectivity index (χ1v) is 22.0. The first-order valence-electron chi connectivity index (χ1n) is 22.0. The minimum atomic E-state index is -0.154. The Balaban J connectivity index is 1.71. The molecule has 0 radical (unpaired) electrons. The van der Waals surface area contributed by atoms with Crippen LogP contribution in [-0.4, -0.2) is 46.5 Å². The van der Waals surface area contributed by atoms with Gasteiger partial charge in [0.05, 0.1) is 0 Å². The average molecular weight is 711 g/mol. The van der Waals surface area contributed by atoms with Crippen LogP contribution in [0.5, 0.6) is 0 Å². The molecule has 4 amide bonds. The van der Waals surface area contributed by atoms with E-state index in [2.05, 4.69) is 13.8 Å². The quantitative estimate of drug-likeness (QED) is 0.0479. The largest absolute Gasteiger partial charge is 0.275 e. The molecule has 2 aliphatic heterocycles. The van der Waals surface area contributed by atoms with Gasteiger partial charge in [0.15, 0.2) is 0 Å². The number of carbonyl (C=O) groups is 4. The van der Waals surface area contributed by atoms with Gasteiger partial charge < -0.3 is 0 Å². The molecule has 6 heteroatoms. The minimum absolute atomic E-state index is 0.153. The smallest absolute Gasteiger partial charge is 0.253 e. The van der Waals surface area contributed by atoms with Crippen molar-refractivity contribution in [2.75, 3.05) is 13.1 Å². The van der Waals surface area contributed by atoms with Crippen molar-refractivity contribution in [3.05, 3.63) is 24.3 Å². The molecule has 0 saturated heterocycles. The van der Waals surface area contributed by atoms with Crippen LogP contribution >= 0.6 is 0 Å². The van der Waals surface area contributed by atoms with E-state index in [1.165, 1.54) is 207 Å². The van der Waals surface area contributed by atoms with E-state index in [1.54, 1.807) is 0 Å². The lowest BCUT2D eigenvalue weighted by atomic mass is 9.78. The molecule has 0 bridgehead atoms. The SMILES string of the molecule is CCCCCCCCC(CCCCCCCCCCN1C(=O)C=CC1=O)C(CCCCCCCC)CCCCCCCCCN1C(=O)C=CC1=O. The fourth-order valence-electron chi connectivity index (χ4n) is 8.21. The van der Waals surface area contributed by atoms with E-state index in [4.69, 9.17) is 0 Å². The molecule has 0 aliphatic carbocycles. The van der Waals surface area contributed by atoms with E-state index in [9.17, 15) is 19.2 Å². The number of imide groups is 2. The second-order valence-electron chi connectivity index (χ2n) is 15.8. The Morgan fingerprint density at radius 2 is 0.549 bits per heavy atom. The monoisotopic (exact) mass is 711 g/mol. The van der Waals surface area contributed by atoms with Crippen molar-refractivity contribution in [3.8, 4) is 0 Å². The minimum Gasteiger partial charge on any atom is -0.275 e. The Hall–Kier alpha value is -2.24.